The second-order valence-corrected chi connectivity index (χ2v) is 6.95. The van der Waals surface area contributed by atoms with Gasteiger partial charge in [-0.2, -0.15) is 0 Å². The Morgan fingerprint density at radius 3 is 3.05 bits per heavy atom. The van der Waals surface area contributed by atoms with Gasteiger partial charge < -0.3 is 5.32 Å². The van der Waals surface area contributed by atoms with Gasteiger partial charge in [-0.3, -0.25) is 4.79 Å². The lowest BCUT2D eigenvalue weighted by atomic mass is 10.0. The third-order valence-corrected chi connectivity index (χ3v) is 5.41. The zero-order valence-electron chi connectivity index (χ0n) is 11.7. The van der Waals surface area contributed by atoms with Crippen LogP contribution in [0.25, 0.3) is 0 Å². The van der Waals surface area contributed by atoms with E-state index in [-0.39, 0.29) is 5.91 Å². The van der Waals surface area contributed by atoms with Crippen molar-refractivity contribution in [3.05, 3.63) is 15.6 Å². The molecule has 0 saturated heterocycles. The van der Waals surface area contributed by atoms with Crippen LogP contribution < -0.4 is 5.32 Å². The van der Waals surface area contributed by atoms with Crippen molar-refractivity contribution in [1.82, 2.24) is 30.5 Å². The Morgan fingerprint density at radius 2 is 2.29 bits per heavy atom. The number of amides is 1. The predicted octanol–water partition coefficient (Wildman–Crippen LogP) is 0.954. The topological polar surface area (TPSA) is 85.6 Å². The second kappa shape index (κ2) is 6.52. The number of hydrogen-bond acceptors (Lipinski definition) is 7. The molecule has 7 nitrogen and oxygen atoms in total. The molecule has 0 bridgehead atoms. The molecule has 21 heavy (non-hydrogen) atoms. The Kier molecular flexibility index (Phi) is 4.49. The number of carbonyl (C=O) groups is 1. The van der Waals surface area contributed by atoms with Gasteiger partial charge >= 0.3 is 0 Å². The number of nitrogens with zero attached hydrogens (tertiary/aromatic N) is 5. The van der Waals surface area contributed by atoms with E-state index < -0.39 is 0 Å². The molecule has 0 radical (unpaired) electrons. The molecule has 1 aliphatic carbocycles. The maximum absolute atomic E-state index is 11.8. The minimum absolute atomic E-state index is 0.0313. The Hall–Kier alpha value is -1.48. The molecule has 2 aromatic heterocycles. The van der Waals surface area contributed by atoms with E-state index in [9.17, 15) is 4.79 Å². The Bertz CT molecular complexity index is 614. The van der Waals surface area contributed by atoms with Gasteiger partial charge in [0.25, 0.3) is 0 Å². The molecule has 1 N–H and O–H groups in total. The minimum Gasteiger partial charge on any atom is -0.349 e. The number of nitrogens with one attached hydrogen (secondary N) is 1. The molecule has 0 unspecified atom stereocenters. The number of rotatable bonds is 5. The first-order chi connectivity index (χ1) is 10.2. The first-order valence-electron chi connectivity index (χ1n) is 6.81. The Morgan fingerprint density at radius 1 is 1.43 bits per heavy atom. The van der Waals surface area contributed by atoms with Crippen molar-refractivity contribution in [2.24, 2.45) is 7.05 Å². The molecule has 112 valence electrons. The summed E-state index contributed by atoms with van der Waals surface area (Å²) in [7, 11) is 1.75. The summed E-state index contributed by atoms with van der Waals surface area (Å²) < 4.78 is 1.55. The lowest BCUT2D eigenvalue weighted by Gasteiger charge is -2.06. The van der Waals surface area contributed by atoms with E-state index in [2.05, 4.69) is 25.8 Å². The van der Waals surface area contributed by atoms with E-state index in [1.54, 1.807) is 23.1 Å². The number of hydrogen-bond donors (Lipinski definition) is 1. The third kappa shape index (κ3) is 3.59. The van der Waals surface area contributed by atoms with Crippen molar-refractivity contribution in [3.63, 3.8) is 0 Å². The van der Waals surface area contributed by atoms with Gasteiger partial charge in [-0.1, -0.05) is 11.8 Å². The second-order valence-electron chi connectivity index (χ2n) is 4.84. The largest absolute Gasteiger partial charge is 0.349 e. The van der Waals surface area contributed by atoms with Gasteiger partial charge in [-0.25, -0.2) is 9.67 Å². The Balaban J connectivity index is 1.47. The fourth-order valence-electron chi connectivity index (χ4n) is 2.18. The zero-order chi connectivity index (χ0) is 14.7. The van der Waals surface area contributed by atoms with Crippen molar-refractivity contribution in [2.45, 2.75) is 37.4 Å². The molecule has 3 rings (SSSR count). The summed E-state index contributed by atoms with van der Waals surface area (Å²) in [5, 5.41) is 15.6. The molecule has 1 amide bonds. The number of tetrazole rings is 1. The van der Waals surface area contributed by atoms with Gasteiger partial charge in [0.1, 0.15) is 5.01 Å². The van der Waals surface area contributed by atoms with Gasteiger partial charge in [0.15, 0.2) is 0 Å². The quantitative estimate of drug-likeness (QED) is 0.824. The van der Waals surface area contributed by atoms with Crippen molar-refractivity contribution in [3.8, 4) is 0 Å². The molecular weight excluding hydrogens is 308 g/mol. The highest BCUT2D eigenvalue weighted by atomic mass is 32.2. The van der Waals surface area contributed by atoms with Crippen molar-refractivity contribution < 1.29 is 4.79 Å². The average molecular weight is 324 g/mol. The van der Waals surface area contributed by atoms with Crippen LogP contribution in [0.5, 0.6) is 0 Å². The van der Waals surface area contributed by atoms with Crippen LogP contribution >= 0.6 is 23.1 Å². The molecule has 0 aromatic carbocycles. The fraction of sp³-hybridized carbons (Fsp3) is 0.583. The van der Waals surface area contributed by atoms with E-state index >= 15 is 0 Å². The van der Waals surface area contributed by atoms with Gasteiger partial charge in [-0.05, 0) is 36.1 Å². The predicted molar refractivity (Wildman–Crippen MR) is 80.1 cm³/mol. The molecular formula is C12H16N6OS2. The van der Waals surface area contributed by atoms with Crippen LogP contribution in [0, 0.1) is 0 Å². The molecule has 0 fully saturated rings. The first kappa shape index (κ1) is 14.5. The maximum atomic E-state index is 11.8. The van der Waals surface area contributed by atoms with E-state index in [0.29, 0.717) is 17.5 Å². The van der Waals surface area contributed by atoms with Crippen LogP contribution in [0.3, 0.4) is 0 Å². The van der Waals surface area contributed by atoms with Gasteiger partial charge in [0.05, 0.1) is 18.0 Å². The Labute approximate surface area is 130 Å². The fourth-order valence-corrected chi connectivity index (χ4v) is 3.96. The molecule has 0 saturated carbocycles. The number of fused-ring (bicyclic) bond motifs is 1. The lowest BCUT2D eigenvalue weighted by Crippen LogP contribution is -2.24. The van der Waals surface area contributed by atoms with Crippen LogP contribution in [0.1, 0.15) is 28.4 Å². The van der Waals surface area contributed by atoms with Crippen molar-refractivity contribution in [2.75, 3.05) is 5.75 Å². The third-order valence-electron chi connectivity index (χ3n) is 3.24. The number of aryl methyl sites for hydroxylation is 3. The molecule has 0 aliphatic heterocycles. The normalized spacial score (nSPS) is 14.0. The summed E-state index contributed by atoms with van der Waals surface area (Å²) in [5.74, 6) is 0.274. The van der Waals surface area contributed by atoms with Crippen LogP contribution in [0.2, 0.25) is 0 Å². The van der Waals surface area contributed by atoms with Crippen LogP contribution in [0.15, 0.2) is 5.16 Å². The smallest absolute Gasteiger partial charge is 0.230 e. The standard InChI is InChI=1S/C12H16N6OS2/c1-18-12(15-16-17-18)20-7-10(19)13-6-11-14-8-4-2-3-5-9(8)21-11/h2-7H2,1H3,(H,13,19). The molecule has 2 heterocycles. The molecule has 0 atom stereocenters. The molecule has 9 heteroatoms. The first-order valence-corrected chi connectivity index (χ1v) is 8.62. The van der Waals surface area contributed by atoms with Gasteiger partial charge in [0.2, 0.25) is 11.1 Å². The molecule has 1 aliphatic rings. The van der Waals surface area contributed by atoms with Crippen LogP contribution in [-0.2, 0) is 31.2 Å². The van der Waals surface area contributed by atoms with E-state index in [0.717, 1.165) is 17.8 Å². The summed E-state index contributed by atoms with van der Waals surface area (Å²) in [6.07, 6.45) is 4.69. The number of thioether (sulfide) groups is 1. The summed E-state index contributed by atoms with van der Waals surface area (Å²) >= 11 is 3.05. The summed E-state index contributed by atoms with van der Waals surface area (Å²) in [6, 6.07) is 0. The van der Waals surface area contributed by atoms with E-state index in [1.807, 2.05) is 0 Å². The summed E-state index contributed by atoms with van der Waals surface area (Å²) in [4.78, 5) is 17.8. The maximum Gasteiger partial charge on any atom is 0.230 e. The number of thiazole rings is 1. The molecule has 0 spiro atoms. The number of carbonyl (C=O) groups excluding carboxylic acids is 1. The highest BCUT2D eigenvalue weighted by Crippen LogP contribution is 2.26. The lowest BCUT2D eigenvalue weighted by molar-refractivity contribution is -0.118. The monoisotopic (exact) mass is 324 g/mol. The zero-order valence-corrected chi connectivity index (χ0v) is 13.3. The number of aromatic nitrogens is 5. The van der Waals surface area contributed by atoms with E-state index in [4.69, 9.17) is 0 Å². The highest BCUT2D eigenvalue weighted by Gasteiger charge is 2.15. The summed E-state index contributed by atoms with van der Waals surface area (Å²) in [6.45, 7) is 0.508. The SMILES string of the molecule is Cn1nnnc1SCC(=O)NCc1nc2c(s1)CCCC2. The van der Waals surface area contributed by atoms with Crippen LogP contribution in [-0.4, -0.2) is 36.9 Å². The van der Waals surface area contributed by atoms with Gasteiger partial charge in [0, 0.05) is 11.9 Å². The highest BCUT2D eigenvalue weighted by molar-refractivity contribution is 7.99. The minimum atomic E-state index is -0.0313. The van der Waals surface area contributed by atoms with Gasteiger partial charge in [-0.15, -0.1) is 16.4 Å². The van der Waals surface area contributed by atoms with Crippen molar-refractivity contribution >= 4 is 29.0 Å². The molecule has 2 aromatic rings. The van der Waals surface area contributed by atoms with Crippen LogP contribution in [0.4, 0.5) is 0 Å². The summed E-state index contributed by atoms with van der Waals surface area (Å²) in [5.41, 5.74) is 1.23. The average Bonchev–Trinajstić information content (AvgIpc) is 3.08. The van der Waals surface area contributed by atoms with E-state index in [1.165, 1.54) is 35.2 Å². The van der Waals surface area contributed by atoms with Crippen molar-refractivity contribution in [1.29, 1.82) is 0 Å².